The molecule has 0 aliphatic carbocycles. The van der Waals surface area contributed by atoms with Gasteiger partial charge in [0.05, 0.1) is 7.11 Å². The number of rotatable bonds is 7. The number of aryl methyl sites for hydroxylation is 1. The third-order valence-electron chi connectivity index (χ3n) is 2.93. The Balaban J connectivity index is 2.12. The molecule has 1 rings (SSSR count). The number of urea groups is 1. The summed E-state index contributed by atoms with van der Waals surface area (Å²) in [6, 6.07) is 7.51. The van der Waals surface area contributed by atoms with Crippen LogP contribution in [0.3, 0.4) is 0 Å². The van der Waals surface area contributed by atoms with Gasteiger partial charge in [0.15, 0.2) is 0 Å². The third kappa shape index (κ3) is 7.20. The molecule has 116 valence electrons. The molecule has 6 nitrogen and oxygen atoms in total. The van der Waals surface area contributed by atoms with Gasteiger partial charge < -0.3 is 10.1 Å². The summed E-state index contributed by atoms with van der Waals surface area (Å²) < 4.78 is 5.10. The van der Waals surface area contributed by atoms with E-state index in [1.807, 2.05) is 24.3 Å². The number of methoxy groups -OCH3 is 1. The van der Waals surface area contributed by atoms with Gasteiger partial charge in [-0.2, -0.15) is 0 Å². The van der Waals surface area contributed by atoms with Gasteiger partial charge in [-0.3, -0.25) is 10.2 Å². The molecule has 0 atom stereocenters. The molecule has 0 aliphatic rings. The number of amides is 3. The highest BCUT2D eigenvalue weighted by atomic mass is 16.5. The number of benzene rings is 1. The van der Waals surface area contributed by atoms with Gasteiger partial charge in [-0.15, -0.1) is 0 Å². The van der Waals surface area contributed by atoms with Crippen molar-refractivity contribution < 1.29 is 14.3 Å². The molecule has 6 heteroatoms. The van der Waals surface area contributed by atoms with E-state index in [0.29, 0.717) is 13.0 Å². The molecule has 0 saturated heterocycles. The number of ether oxygens (including phenoxy) is 1. The van der Waals surface area contributed by atoms with Gasteiger partial charge in [0, 0.05) is 13.0 Å². The lowest BCUT2D eigenvalue weighted by atomic mass is 10.1. The summed E-state index contributed by atoms with van der Waals surface area (Å²) in [6.45, 7) is 2.32. The van der Waals surface area contributed by atoms with Gasteiger partial charge in [0.2, 0.25) is 5.91 Å². The smallest absolute Gasteiger partial charge is 0.333 e. The lowest BCUT2D eigenvalue weighted by Crippen LogP contribution is -2.46. The Morgan fingerprint density at radius 3 is 2.43 bits per heavy atom. The summed E-state index contributed by atoms with van der Waals surface area (Å²) in [5.41, 5.74) is 5.87. The molecule has 0 bridgehead atoms. The Hall–Kier alpha value is -2.24. The number of nitrogens with one attached hydrogen (secondary N) is 3. The maximum Gasteiger partial charge on any atom is 0.333 e. The largest absolute Gasteiger partial charge is 0.497 e. The van der Waals surface area contributed by atoms with Crippen LogP contribution < -0.4 is 20.9 Å². The number of carbonyl (C=O) groups excluding carboxylic acids is 2. The summed E-state index contributed by atoms with van der Waals surface area (Å²) >= 11 is 0. The van der Waals surface area contributed by atoms with E-state index in [-0.39, 0.29) is 5.91 Å². The van der Waals surface area contributed by atoms with Crippen LogP contribution in [-0.2, 0) is 11.2 Å². The predicted octanol–water partition coefficient (Wildman–Crippen LogP) is 1.76. The van der Waals surface area contributed by atoms with Crippen LogP contribution >= 0.6 is 0 Å². The molecule has 3 N–H and O–H groups in total. The highest BCUT2D eigenvalue weighted by Gasteiger charge is 2.03. The second-order valence-corrected chi connectivity index (χ2v) is 4.59. The quantitative estimate of drug-likeness (QED) is 0.529. The summed E-state index contributed by atoms with van der Waals surface area (Å²) in [4.78, 5) is 22.5. The number of carbonyl (C=O) groups is 2. The van der Waals surface area contributed by atoms with Gasteiger partial charge in [0.1, 0.15) is 5.75 Å². The number of hydrogen-bond acceptors (Lipinski definition) is 3. The lowest BCUT2D eigenvalue weighted by molar-refractivity contribution is -0.121. The molecule has 0 aromatic heterocycles. The van der Waals surface area contributed by atoms with Crippen molar-refractivity contribution in [3.63, 3.8) is 0 Å². The first kappa shape index (κ1) is 16.8. The summed E-state index contributed by atoms with van der Waals surface area (Å²) in [7, 11) is 1.64. The van der Waals surface area contributed by atoms with Gasteiger partial charge >= 0.3 is 6.03 Å². The van der Waals surface area contributed by atoms with Gasteiger partial charge in [-0.25, -0.2) is 10.2 Å². The topological polar surface area (TPSA) is 79.5 Å². The summed E-state index contributed by atoms with van der Waals surface area (Å²) in [5.74, 6) is 0.658. The molecule has 21 heavy (non-hydrogen) atoms. The minimum atomic E-state index is -0.399. The molecule has 1 aromatic carbocycles. The van der Waals surface area contributed by atoms with E-state index >= 15 is 0 Å². The molecule has 3 amide bonds. The van der Waals surface area contributed by atoms with Crippen LogP contribution in [-0.4, -0.2) is 25.6 Å². The Bertz CT molecular complexity index is 446. The zero-order valence-corrected chi connectivity index (χ0v) is 12.6. The first-order valence-electron chi connectivity index (χ1n) is 7.11. The minimum Gasteiger partial charge on any atom is -0.497 e. The molecular weight excluding hydrogens is 270 g/mol. The van der Waals surface area contributed by atoms with Crippen LogP contribution in [0.1, 0.15) is 31.7 Å². The standard InChI is InChI=1S/C15H23N3O3/c1-3-16-15(20)18-17-14(19)7-5-4-6-12-8-10-13(21-2)11-9-12/h8-11H,3-7H2,1-2H3,(H,17,19)(H2,16,18,20). The zero-order valence-electron chi connectivity index (χ0n) is 12.6. The van der Waals surface area contributed by atoms with Gasteiger partial charge in [-0.1, -0.05) is 12.1 Å². The second-order valence-electron chi connectivity index (χ2n) is 4.59. The number of unbranched alkanes of at least 4 members (excludes halogenated alkanes) is 1. The molecule has 0 spiro atoms. The highest BCUT2D eigenvalue weighted by Crippen LogP contribution is 2.13. The van der Waals surface area contributed by atoms with Crippen LogP contribution in [0, 0.1) is 0 Å². The van der Waals surface area contributed by atoms with Crippen LogP contribution in [0.5, 0.6) is 5.75 Å². The fourth-order valence-electron chi connectivity index (χ4n) is 1.80. The zero-order chi connectivity index (χ0) is 15.5. The lowest BCUT2D eigenvalue weighted by Gasteiger charge is -2.07. The maximum atomic E-state index is 11.5. The van der Waals surface area contributed by atoms with Crippen molar-refractivity contribution in [1.29, 1.82) is 0 Å². The average molecular weight is 293 g/mol. The first-order chi connectivity index (χ1) is 10.2. The molecule has 0 radical (unpaired) electrons. The second kappa shape index (κ2) is 9.63. The predicted molar refractivity (Wildman–Crippen MR) is 80.9 cm³/mol. The molecule has 0 fully saturated rings. The SMILES string of the molecule is CCNC(=O)NNC(=O)CCCCc1ccc(OC)cc1. The molecular formula is C15H23N3O3. The minimum absolute atomic E-state index is 0.184. The fourth-order valence-corrected chi connectivity index (χ4v) is 1.80. The fraction of sp³-hybridized carbons (Fsp3) is 0.467. The van der Waals surface area contributed by atoms with Crippen molar-refractivity contribution in [2.24, 2.45) is 0 Å². The van der Waals surface area contributed by atoms with Crippen LogP contribution in [0.15, 0.2) is 24.3 Å². The van der Waals surface area contributed by atoms with E-state index in [1.165, 1.54) is 5.56 Å². The molecule has 0 aliphatic heterocycles. The molecule has 0 unspecified atom stereocenters. The number of hydrogen-bond donors (Lipinski definition) is 3. The van der Waals surface area contributed by atoms with E-state index in [2.05, 4.69) is 16.2 Å². The van der Waals surface area contributed by atoms with Crippen molar-refractivity contribution in [3.8, 4) is 5.75 Å². The Kier molecular flexibility index (Phi) is 7.71. The molecule has 1 aromatic rings. The maximum absolute atomic E-state index is 11.5. The normalized spacial score (nSPS) is 9.81. The first-order valence-corrected chi connectivity index (χ1v) is 7.11. The average Bonchev–Trinajstić information content (AvgIpc) is 2.50. The molecule has 0 heterocycles. The summed E-state index contributed by atoms with van der Waals surface area (Å²) in [6.07, 6.45) is 3.00. The van der Waals surface area contributed by atoms with Crippen molar-refractivity contribution in [3.05, 3.63) is 29.8 Å². The highest BCUT2D eigenvalue weighted by molar-refractivity contribution is 5.80. The van der Waals surface area contributed by atoms with Gasteiger partial charge in [0.25, 0.3) is 0 Å². The monoisotopic (exact) mass is 293 g/mol. The van der Waals surface area contributed by atoms with Crippen molar-refractivity contribution >= 4 is 11.9 Å². The third-order valence-corrected chi connectivity index (χ3v) is 2.93. The van der Waals surface area contributed by atoms with Crippen molar-refractivity contribution in [2.75, 3.05) is 13.7 Å². The summed E-state index contributed by atoms with van der Waals surface area (Å²) in [5, 5.41) is 2.52. The van der Waals surface area contributed by atoms with Gasteiger partial charge in [-0.05, 0) is 43.9 Å². The van der Waals surface area contributed by atoms with E-state index in [9.17, 15) is 9.59 Å². The molecule has 0 saturated carbocycles. The van der Waals surface area contributed by atoms with E-state index in [4.69, 9.17) is 4.74 Å². The van der Waals surface area contributed by atoms with E-state index < -0.39 is 6.03 Å². The van der Waals surface area contributed by atoms with Crippen molar-refractivity contribution in [1.82, 2.24) is 16.2 Å². The Labute approximate surface area is 125 Å². The van der Waals surface area contributed by atoms with Crippen LogP contribution in [0.4, 0.5) is 4.79 Å². The van der Waals surface area contributed by atoms with Crippen LogP contribution in [0.2, 0.25) is 0 Å². The van der Waals surface area contributed by atoms with Crippen molar-refractivity contribution in [2.45, 2.75) is 32.6 Å². The Morgan fingerprint density at radius 2 is 1.81 bits per heavy atom. The number of hydrazine groups is 1. The Morgan fingerprint density at radius 1 is 1.10 bits per heavy atom. The van der Waals surface area contributed by atoms with Crippen LogP contribution in [0.25, 0.3) is 0 Å². The van der Waals surface area contributed by atoms with E-state index in [0.717, 1.165) is 25.0 Å². The van der Waals surface area contributed by atoms with E-state index in [1.54, 1.807) is 14.0 Å².